The predicted octanol–water partition coefficient (Wildman–Crippen LogP) is 0.224. The summed E-state index contributed by atoms with van der Waals surface area (Å²) in [5.74, 6) is -1.37. The van der Waals surface area contributed by atoms with Crippen LogP contribution in [0.5, 0.6) is 0 Å². The molecule has 0 heterocycles. The Morgan fingerprint density at radius 2 is 1.88 bits per heavy atom. The van der Waals surface area contributed by atoms with Gasteiger partial charge < -0.3 is 15.3 Å². The molecule has 0 saturated heterocycles. The van der Waals surface area contributed by atoms with Gasteiger partial charge in [-0.05, 0) is 20.3 Å². The molecule has 0 aromatic heterocycles. The van der Waals surface area contributed by atoms with Crippen LogP contribution in [0, 0.1) is 0 Å². The van der Waals surface area contributed by atoms with E-state index >= 15 is 0 Å². The highest BCUT2D eigenvalue weighted by molar-refractivity contribution is 5.87. The summed E-state index contributed by atoms with van der Waals surface area (Å²) in [6.07, 6.45) is 0.371. The maximum absolute atomic E-state index is 11.6. The monoisotopic (exact) mass is 244 g/mol. The molecule has 1 unspecified atom stereocenters. The Hall–Kier alpha value is -1.59. The molecule has 17 heavy (non-hydrogen) atoms. The molecule has 0 aliphatic rings. The highest BCUT2D eigenvalue weighted by atomic mass is 16.4. The van der Waals surface area contributed by atoms with Crippen LogP contribution in [-0.4, -0.2) is 47.4 Å². The fraction of sp³-hybridized carbons (Fsp3) is 0.727. The van der Waals surface area contributed by atoms with Crippen LogP contribution < -0.4 is 5.32 Å². The van der Waals surface area contributed by atoms with Crippen molar-refractivity contribution < 1.29 is 19.5 Å². The lowest BCUT2D eigenvalue weighted by Gasteiger charge is -2.20. The number of hydrogen-bond donors (Lipinski definition) is 2. The minimum atomic E-state index is -0.923. The number of rotatable bonds is 7. The van der Waals surface area contributed by atoms with Crippen molar-refractivity contribution in [2.75, 3.05) is 13.6 Å². The van der Waals surface area contributed by atoms with E-state index in [4.69, 9.17) is 5.11 Å². The van der Waals surface area contributed by atoms with Gasteiger partial charge in [-0.1, -0.05) is 0 Å². The SMILES string of the molecule is CCN(C)C(=O)C(C)NC(=O)CCCC(=O)O. The van der Waals surface area contributed by atoms with Crippen molar-refractivity contribution in [3.05, 3.63) is 0 Å². The summed E-state index contributed by atoms with van der Waals surface area (Å²) in [7, 11) is 1.66. The molecule has 0 saturated carbocycles. The maximum Gasteiger partial charge on any atom is 0.303 e. The summed E-state index contributed by atoms with van der Waals surface area (Å²) in [5, 5.41) is 11.0. The molecular weight excluding hydrogens is 224 g/mol. The smallest absolute Gasteiger partial charge is 0.303 e. The van der Waals surface area contributed by atoms with E-state index in [0.717, 1.165) is 0 Å². The normalized spacial score (nSPS) is 11.7. The average Bonchev–Trinajstić information content (AvgIpc) is 2.26. The summed E-state index contributed by atoms with van der Waals surface area (Å²) in [6, 6.07) is -0.572. The number of amides is 2. The van der Waals surface area contributed by atoms with Gasteiger partial charge in [-0.3, -0.25) is 14.4 Å². The Balaban J connectivity index is 3.95. The molecule has 2 amide bonds. The van der Waals surface area contributed by atoms with Crippen LogP contribution in [-0.2, 0) is 14.4 Å². The maximum atomic E-state index is 11.6. The molecule has 0 aromatic rings. The second-order valence-electron chi connectivity index (χ2n) is 3.89. The Bertz CT molecular complexity index is 291. The Morgan fingerprint density at radius 3 is 2.35 bits per heavy atom. The van der Waals surface area contributed by atoms with Crippen LogP contribution in [0.25, 0.3) is 0 Å². The summed E-state index contributed by atoms with van der Waals surface area (Å²) < 4.78 is 0. The van der Waals surface area contributed by atoms with E-state index in [2.05, 4.69) is 5.32 Å². The van der Waals surface area contributed by atoms with Crippen LogP contribution in [0.15, 0.2) is 0 Å². The molecule has 0 radical (unpaired) electrons. The highest BCUT2D eigenvalue weighted by Gasteiger charge is 2.18. The van der Waals surface area contributed by atoms with Crippen molar-refractivity contribution in [1.29, 1.82) is 0 Å². The molecule has 0 bridgehead atoms. The molecule has 0 aliphatic carbocycles. The minimum Gasteiger partial charge on any atom is -0.481 e. The van der Waals surface area contributed by atoms with Gasteiger partial charge in [-0.15, -0.1) is 0 Å². The van der Waals surface area contributed by atoms with E-state index in [-0.39, 0.29) is 31.1 Å². The number of carbonyl (C=O) groups excluding carboxylic acids is 2. The summed E-state index contributed by atoms with van der Waals surface area (Å²) >= 11 is 0. The van der Waals surface area contributed by atoms with Crippen LogP contribution in [0.2, 0.25) is 0 Å². The molecule has 2 N–H and O–H groups in total. The molecule has 1 atom stereocenters. The van der Waals surface area contributed by atoms with Crippen molar-refractivity contribution in [2.24, 2.45) is 0 Å². The first-order valence-electron chi connectivity index (χ1n) is 5.64. The molecule has 6 heteroatoms. The third-order valence-electron chi connectivity index (χ3n) is 2.39. The van der Waals surface area contributed by atoms with E-state index in [1.54, 1.807) is 14.0 Å². The lowest BCUT2D eigenvalue weighted by Crippen LogP contribution is -2.45. The molecule has 0 spiro atoms. The first-order chi connectivity index (χ1) is 7.88. The average molecular weight is 244 g/mol. The zero-order chi connectivity index (χ0) is 13.4. The number of carboxylic acid groups (broad SMARTS) is 1. The van der Waals surface area contributed by atoms with E-state index in [0.29, 0.717) is 6.54 Å². The third-order valence-corrected chi connectivity index (χ3v) is 2.39. The van der Waals surface area contributed by atoms with Gasteiger partial charge in [0.2, 0.25) is 11.8 Å². The van der Waals surface area contributed by atoms with Crippen LogP contribution >= 0.6 is 0 Å². The second kappa shape index (κ2) is 7.65. The van der Waals surface area contributed by atoms with Gasteiger partial charge in [0.15, 0.2) is 0 Å². The van der Waals surface area contributed by atoms with Crippen LogP contribution in [0.1, 0.15) is 33.1 Å². The van der Waals surface area contributed by atoms with Gasteiger partial charge in [-0.2, -0.15) is 0 Å². The highest BCUT2D eigenvalue weighted by Crippen LogP contribution is 1.97. The van der Waals surface area contributed by atoms with Crippen molar-refractivity contribution >= 4 is 17.8 Å². The van der Waals surface area contributed by atoms with Gasteiger partial charge in [0.25, 0.3) is 0 Å². The zero-order valence-corrected chi connectivity index (χ0v) is 10.5. The van der Waals surface area contributed by atoms with Crippen LogP contribution in [0.4, 0.5) is 0 Å². The quantitative estimate of drug-likeness (QED) is 0.671. The van der Waals surface area contributed by atoms with Gasteiger partial charge in [0, 0.05) is 26.4 Å². The number of carboxylic acids is 1. The Morgan fingerprint density at radius 1 is 1.29 bits per heavy atom. The summed E-state index contributed by atoms with van der Waals surface area (Å²) in [5.41, 5.74) is 0. The van der Waals surface area contributed by atoms with E-state index in [1.807, 2.05) is 6.92 Å². The topological polar surface area (TPSA) is 86.7 Å². The number of carbonyl (C=O) groups is 3. The molecule has 0 fully saturated rings. The van der Waals surface area contributed by atoms with Crippen molar-refractivity contribution in [3.63, 3.8) is 0 Å². The second-order valence-corrected chi connectivity index (χ2v) is 3.89. The largest absolute Gasteiger partial charge is 0.481 e. The lowest BCUT2D eigenvalue weighted by atomic mass is 10.2. The number of aliphatic carboxylic acids is 1. The Labute approximate surface area is 101 Å². The number of likely N-dealkylation sites (N-methyl/N-ethyl adjacent to an activating group) is 1. The molecular formula is C11H20N2O4. The first kappa shape index (κ1) is 15.4. The standard InChI is InChI=1S/C11H20N2O4/c1-4-13(3)11(17)8(2)12-9(14)6-5-7-10(15)16/h8H,4-7H2,1-3H3,(H,12,14)(H,15,16). The number of nitrogens with one attached hydrogen (secondary N) is 1. The number of hydrogen-bond acceptors (Lipinski definition) is 3. The molecule has 0 aromatic carbocycles. The summed E-state index contributed by atoms with van der Waals surface area (Å²) in [6.45, 7) is 4.04. The van der Waals surface area contributed by atoms with E-state index in [1.165, 1.54) is 4.90 Å². The fourth-order valence-electron chi connectivity index (χ4n) is 1.26. The zero-order valence-electron chi connectivity index (χ0n) is 10.5. The summed E-state index contributed by atoms with van der Waals surface area (Å²) in [4.78, 5) is 34.7. The minimum absolute atomic E-state index is 0.0371. The molecule has 98 valence electrons. The van der Waals surface area contributed by atoms with Crippen LogP contribution in [0.3, 0.4) is 0 Å². The van der Waals surface area contributed by atoms with Crippen molar-refractivity contribution in [1.82, 2.24) is 10.2 Å². The number of nitrogens with zero attached hydrogens (tertiary/aromatic N) is 1. The van der Waals surface area contributed by atoms with Gasteiger partial charge >= 0.3 is 5.97 Å². The molecule has 0 aliphatic heterocycles. The Kier molecular flexibility index (Phi) is 6.93. The van der Waals surface area contributed by atoms with Gasteiger partial charge in [0.1, 0.15) is 6.04 Å². The van der Waals surface area contributed by atoms with Gasteiger partial charge in [-0.25, -0.2) is 0 Å². The van der Waals surface area contributed by atoms with E-state index < -0.39 is 12.0 Å². The fourth-order valence-corrected chi connectivity index (χ4v) is 1.26. The molecule has 6 nitrogen and oxygen atoms in total. The van der Waals surface area contributed by atoms with E-state index in [9.17, 15) is 14.4 Å². The lowest BCUT2D eigenvalue weighted by molar-refractivity contribution is -0.137. The predicted molar refractivity (Wildman–Crippen MR) is 62.4 cm³/mol. The third kappa shape index (κ3) is 6.55. The van der Waals surface area contributed by atoms with Gasteiger partial charge in [0.05, 0.1) is 0 Å². The molecule has 0 rings (SSSR count). The van der Waals surface area contributed by atoms with Crippen molar-refractivity contribution in [3.8, 4) is 0 Å². The first-order valence-corrected chi connectivity index (χ1v) is 5.64. The van der Waals surface area contributed by atoms with Crippen molar-refractivity contribution in [2.45, 2.75) is 39.2 Å².